The molecule has 2 aliphatic rings. The highest BCUT2D eigenvalue weighted by Gasteiger charge is 2.40. The predicted octanol–water partition coefficient (Wildman–Crippen LogP) is 3.19. The van der Waals surface area contributed by atoms with Crippen LogP contribution in [0.4, 0.5) is 0 Å². The maximum Gasteiger partial charge on any atom is 0.136 e. The van der Waals surface area contributed by atoms with Gasteiger partial charge in [-0.3, -0.25) is 9.69 Å². The second-order valence-electron chi connectivity index (χ2n) is 5.07. The number of halogens is 2. The number of hydrogen-bond donors (Lipinski definition) is 0. The van der Waals surface area contributed by atoms with Crippen molar-refractivity contribution in [1.29, 1.82) is 0 Å². The molecule has 2 aliphatic heterocycles. The van der Waals surface area contributed by atoms with Gasteiger partial charge >= 0.3 is 0 Å². The van der Waals surface area contributed by atoms with E-state index in [1.807, 2.05) is 6.07 Å². The zero-order valence-corrected chi connectivity index (χ0v) is 12.2. The highest BCUT2D eigenvalue weighted by molar-refractivity contribution is 9.10. The van der Waals surface area contributed by atoms with Gasteiger partial charge < -0.3 is 0 Å². The van der Waals surface area contributed by atoms with E-state index in [0.717, 1.165) is 29.6 Å². The lowest BCUT2D eigenvalue weighted by Crippen LogP contribution is -2.42. The number of nitrogens with zero attached hydrogens (tertiary/aromatic N) is 2. The van der Waals surface area contributed by atoms with Crippen LogP contribution in [0.3, 0.4) is 0 Å². The third-order valence-corrected chi connectivity index (χ3v) is 4.85. The number of Topliss-reactive ketones (excluding diaryl/α,β-unsaturated/α-hetero) is 1. The third-order valence-electron chi connectivity index (χ3n) is 3.91. The fraction of sp³-hybridized carbons (Fsp3) is 0.538. The van der Waals surface area contributed by atoms with Crippen molar-refractivity contribution in [2.75, 3.05) is 0 Å². The molecule has 0 spiro atoms. The van der Waals surface area contributed by atoms with Crippen molar-refractivity contribution in [2.45, 2.75) is 44.3 Å². The molecule has 2 fully saturated rings. The van der Waals surface area contributed by atoms with E-state index in [9.17, 15) is 4.79 Å². The predicted molar refractivity (Wildman–Crippen MR) is 73.5 cm³/mol. The minimum Gasteiger partial charge on any atom is -0.300 e. The summed E-state index contributed by atoms with van der Waals surface area (Å²) < 4.78 is 0.989. The van der Waals surface area contributed by atoms with E-state index in [1.165, 1.54) is 0 Å². The van der Waals surface area contributed by atoms with E-state index in [1.54, 1.807) is 6.07 Å². The Kier molecular flexibility index (Phi) is 3.43. The second-order valence-corrected chi connectivity index (χ2v) is 6.31. The molecule has 18 heavy (non-hydrogen) atoms. The Morgan fingerprint density at radius 3 is 2.67 bits per heavy atom. The van der Waals surface area contributed by atoms with Crippen LogP contribution in [0.5, 0.6) is 0 Å². The highest BCUT2D eigenvalue weighted by Crippen LogP contribution is 2.35. The van der Waals surface area contributed by atoms with Gasteiger partial charge in [-0.2, -0.15) is 0 Å². The van der Waals surface area contributed by atoms with Gasteiger partial charge in [0.2, 0.25) is 0 Å². The first-order valence-corrected chi connectivity index (χ1v) is 7.39. The smallest absolute Gasteiger partial charge is 0.136 e. The fourth-order valence-corrected chi connectivity index (χ4v) is 3.57. The number of rotatable bonds is 2. The molecule has 0 radical (unpaired) electrons. The number of carbonyl (C=O) groups is 1. The number of piperidine rings is 1. The van der Waals surface area contributed by atoms with Gasteiger partial charge in [-0.25, -0.2) is 4.98 Å². The Balaban J connectivity index is 1.81. The Hall–Kier alpha value is -0.450. The van der Waals surface area contributed by atoms with E-state index in [2.05, 4.69) is 25.8 Å². The maximum atomic E-state index is 11.6. The molecule has 0 unspecified atom stereocenters. The number of aromatic nitrogens is 1. The van der Waals surface area contributed by atoms with Gasteiger partial charge in [-0.1, -0.05) is 11.6 Å². The molecule has 2 atom stereocenters. The standard InChI is InChI=1S/C13H14BrClN2O/c14-11-3-4-13(15)16-12(11)7-17-8-1-2-9(17)6-10(18)5-8/h3-4,8-9H,1-2,5-7H2/t8-,9+. The molecule has 5 heteroatoms. The van der Waals surface area contributed by atoms with E-state index in [-0.39, 0.29) is 0 Å². The summed E-state index contributed by atoms with van der Waals surface area (Å²) in [5.74, 6) is 0.414. The summed E-state index contributed by atoms with van der Waals surface area (Å²) in [5.41, 5.74) is 0.966. The molecule has 0 N–H and O–H groups in total. The summed E-state index contributed by atoms with van der Waals surface area (Å²) in [4.78, 5) is 18.4. The maximum absolute atomic E-state index is 11.6. The van der Waals surface area contributed by atoms with Crippen LogP contribution in [-0.2, 0) is 11.3 Å². The first-order valence-electron chi connectivity index (χ1n) is 6.22. The Bertz CT molecular complexity index is 478. The molecule has 0 aliphatic carbocycles. The van der Waals surface area contributed by atoms with Gasteiger partial charge in [0.25, 0.3) is 0 Å². The lowest BCUT2D eigenvalue weighted by molar-refractivity contribution is -0.123. The third kappa shape index (κ3) is 2.33. The number of fused-ring (bicyclic) bond motifs is 2. The van der Waals surface area contributed by atoms with Crippen molar-refractivity contribution in [3.63, 3.8) is 0 Å². The monoisotopic (exact) mass is 328 g/mol. The van der Waals surface area contributed by atoms with Crippen LogP contribution in [-0.4, -0.2) is 27.8 Å². The zero-order chi connectivity index (χ0) is 12.7. The molecule has 96 valence electrons. The van der Waals surface area contributed by atoms with Crippen LogP contribution in [0.2, 0.25) is 5.15 Å². The van der Waals surface area contributed by atoms with E-state index in [0.29, 0.717) is 35.9 Å². The summed E-state index contributed by atoms with van der Waals surface area (Å²) in [7, 11) is 0. The Morgan fingerprint density at radius 2 is 2.00 bits per heavy atom. The molecule has 3 nitrogen and oxygen atoms in total. The first-order chi connectivity index (χ1) is 8.63. The van der Waals surface area contributed by atoms with E-state index >= 15 is 0 Å². The van der Waals surface area contributed by atoms with Gasteiger partial charge in [0.15, 0.2) is 0 Å². The van der Waals surface area contributed by atoms with Crippen LogP contribution in [0.25, 0.3) is 0 Å². The molecule has 0 amide bonds. The molecule has 0 aromatic carbocycles. The minimum atomic E-state index is 0.406. The normalized spacial score (nSPS) is 27.8. The summed E-state index contributed by atoms with van der Waals surface area (Å²) >= 11 is 9.46. The van der Waals surface area contributed by atoms with Crippen LogP contribution >= 0.6 is 27.5 Å². The van der Waals surface area contributed by atoms with Crippen molar-refractivity contribution < 1.29 is 4.79 Å². The lowest BCUT2D eigenvalue weighted by Gasteiger charge is -2.33. The van der Waals surface area contributed by atoms with Gasteiger partial charge in [-0.05, 0) is 40.9 Å². The summed E-state index contributed by atoms with van der Waals surface area (Å²) in [6.07, 6.45) is 3.67. The zero-order valence-electron chi connectivity index (χ0n) is 9.90. The quantitative estimate of drug-likeness (QED) is 0.781. The Morgan fingerprint density at radius 1 is 1.33 bits per heavy atom. The molecule has 1 aromatic rings. The summed E-state index contributed by atoms with van der Waals surface area (Å²) in [6, 6.07) is 4.53. The van der Waals surface area contributed by atoms with Crippen LogP contribution in [0.1, 0.15) is 31.4 Å². The van der Waals surface area contributed by atoms with Crippen molar-refractivity contribution in [2.24, 2.45) is 0 Å². The van der Waals surface area contributed by atoms with Gasteiger partial charge in [0.05, 0.1) is 5.69 Å². The highest BCUT2D eigenvalue weighted by atomic mass is 79.9. The molecular formula is C13H14BrClN2O. The van der Waals surface area contributed by atoms with Crippen molar-refractivity contribution in [1.82, 2.24) is 9.88 Å². The summed E-state index contributed by atoms with van der Waals surface area (Å²) in [5, 5.41) is 0.522. The minimum absolute atomic E-state index is 0.406. The Labute approximate surface area is 120 Å². The molecule has 3 heterocycles. The van der Waals surface area contributed by atoms with Crippen molar-refractivity contribution >= 4 is 33.3 Å². The molecule has 1 aromatic heterocycles. The van der Waals surface area contributed by atoms with E-state index in [4.69, 9.17) is 11.6 Å². The average Bonchev–Trinajstić information content (AvgIpc) is 2.57. The fourth-order valence-electron chi connectivity index (χ4n) is 3.06. The van der Waals surface area contributed by atoms with Crippen LogP contribution in [0.15, 0.2) is 16.6 Å². The van der Waals surface area contributed by atoms with Gasteiger partial charge in [0.1, 0.15) is 10.9 Å². The largest absolute Gasteiger partial charge is 0.300 e. The molecule has 2 saturated heterocycles. The molecule has 3 rings (SSSR count). The number of hydrogen-bond acceptors (Lipinski definition) is 3. The second kappa shape index (κ2) is 4.91. The van der Waals surface area contributed by atoms with Gasteiger partial charge in [-0.15, -0.1) is 0 Å². The van der Waals surface area contributed by atoms with Crippen molar-refractivity contribution in [3.05, 3.63) is 27.5 Å². The van der Waals surface area contributed by atoms with Gasteiger partial charge in [0, 0.05) is 35.9 Å². The molecule has 0 saturated carbocycles. The molecule has 2 bridgehead atoms. The molecular weight excluding hydrogens is 316 g/mol. The van der Waals surface area contributed by atoms with Crippen LogP contribution < -0.4 is 0 Å². The van der Waals surface area contributed by atoms with Crippen LogP contribution in [0, 0.1) is 0 Å². The lowest BCUT2D eigenvalue weighted by atomic mass is 10.0. The number of carbonyl (C=O) groups excluding carboxylic acids is 1. The average molecular weight is 330 g/mol. The number of ketones is 1. The topological polar surface area (TPSA) is 33.2 Å². The van der Waals surface area contributed by atoms with E-state index < -0.39 is 0 Å². The van der Waals surface area contributed by atoms with Crippen molar-refractivity contribution in [3.8, 4) is 0 Å². The SMILES string of the molecule is O=C1C[C@H]2CC[C@@H](C1)N2Cc1nc(Cl)ccc1Br. The first kappa shape index (κ1) is 12.6. The summed E-state index contributed by atoms with van der Waals surface area (Å²) in [6.45, 7) is 0.782. The number of pyridine rings is 1.